The topological polar surface area (TPSA) is 319 Å². The second kappa shape index (κ2) is 17.9. The largest absolute Gasteiger partial charge is 0.394 e. The highest BCUT2D eigenvalue weighted by molar-refractivity contribution is 14.1. The van der Waals surface area contributed by atoms with Crippen molar-refractivity contribution in [2.45, 2.75) is 73.8 Å². The van der Waals surface area contributed by atoms with E-state index in [0.29, 0.717) is 43.4 Å². The van der Waals surface area contributed by atoms with Gasteiger partial charge >= 0.3 is 0 Å². The first-order chi connectivity index (χ1) is 28.6. The molecule has 21 nitrogen and oxygen atoms in total. The quantitative estimate of drug-likeness (QED) is 0.104. The molecule has 6 aromatic rings. The first-order valence-corrected chi connectivity index (χ1v) is 19.9. The van der Waals surface area contributed by atoms with Crippen molar-refractivity contribution in [3.05, 3.63) is 50.6 Å². The minimum atomic E-state index is -1.71. The Labute approximate surface area is 362 Å². The molecule has 0 saturated carbocycles. The first-order valence-electron chi connectivity index (χ1n) is 17.7. The van der Waals surface area contributed by atoms with Crippen molar-refractivity contribution < 1.29 is 58.0 Å². The maximum Gasteiger partial charge on any atom is 0.173 e. The highest BCUT2D eigenvalue weighted by atomic mass is 127. The molecule has 0 amide bonds. The molecule has 3 saturated heterocycles. The number of rotatable bonds is 6. The molecule has 3 fully saturated rings. The van der Waals surface area contributed by atoms with Gasteiger partial charge in [0.15, 0.2) is 37.2 Å². The molecule has 60 heavy (non-hydrogen) atoms. The number of nitrogens with two attached hydrogens (primary N) is 3. The van der Waals surface area contributed by atoms with Crippen molar-refractivity contribution in [1.29, 1.82) is 0 Å². The van der Waals surface area contributed by atoms with E-state index >= 15 is 0 Å². The molecule has 9 rings (SSSR count). The number of nitrogens with zero attached hydrogens (tertiary/aromatic N) is 9. The Kier molecular flexibility index (Phi) is 13.2. The Morgan fingerprint density at radius 2 is 0.950 bits per heavy atom. The van der Waals surface area contributed by atoms with Gasteiger partial charge in [0, 0.05) is 26.6 Å². The van der Waals surface area contributed by atoms with Crippen LogP contribution >= 0.6 is 50.1 Å². The van der Waals surface area contributed by atoms with E-state index in [1.54, 1.807) is 12.4 Å². The summed E-state index contributed by atoms with van der Waals surface area (Å²) in [5.74, 6) is 0.727. The van der Waals surface area contributed by atoms with E-state index in [-0.39, 0.29) is 16.7 Å². The summed E-state index contributed by atoms with van der Waals surface area (Å²) < 4.78 is 64.1. The number of fused-ring (bicyclic) bond motifs is 3. The fourth-order valence-electron chi connectivity index (χ4n) is 7.00. The first kappa shape index (κ1) is 44.3. The second-order valence-corrected chi connectivity index (χ2v) is 16.0. The van der Waals surface area contributed by atoms with Crippen molar-refractivity contribution in [2.75, 3.05) is 37.0 Å². The predicted molar refractivity (Wildman–Crippen MR) is 217 cm³/mol. The average Bonchev–Trinajstić information content (AvgIpc) is 4.05. The van der Waals surface area contributed by atoms with E-state index in [0.717, 1.165) is 3.57 Å². The molecule has 9 heterocycles. The summed E-state index contributed by atoms with van der Waals surface area (Å²) in [7, 11) is 0. The van der Waals surface area contributed by atoms with Crippen LogP contribution in [0.4, 0.5) is 30.6 Å². The standard InChI is InChI=1S/C11H12BrFN4O3.C11H12ClFN4O3.C11H12FIN4O3/c2*12-4-1-17(10-6(4)9(14)15-3-16-10)11-7(13)8(19)5(2-18)20-11;12-7-8(19)5(2-18)20-11(7)17-1-4(13)6-9(14)15-3-16-10(6)17/h3*1,3,5,7-8,11,18-19H,2H2,(H2,14,15,16)/t3*5-,7-,8?,11-/m111/s1. The lowest BCUT2D eigenvalue weighted by molar-refractivity contribution is -0.0457. The Hall–Kier alpha value is -3.81. The molecule has 0 aromatic carbocycles. The van der Waals surface area contributed by atoms with Crippen molar-refractivity contribution in [3.63, 3.8) is 0 Å². The summed E-state index contributed by atoms with van der Waals surface area (Å²) in [4.78, 5) is 23.8. The van der Waals surface area contributed by atoms with Crippen LogP contribution in [0.3, 0.4) is 0 Å². The Morgan fingerprint density at radius 3 is 1.37 bits per heavy atom. The molecule has 3 unspecified atom stereocenters. The van der Waals surface area contributed by atoms with E-state index in [9.17, 15) is 28.5 Å². The Balaban J connectivity index is 0.000000136. The summed E-state index contributed by atoms with van der Waals surface area (Å²) in [6.45, 7) is -1.40. The van der Waals surface area contributed by atoms with Gasteiger partial charge < -0.3 is 75.8 Å². The van der Waals surface area contributed by atoms with Gasteiger partial charge in [0.2, 0.25) is 0 Å². The number of aliphatic hydroxyl groups is 6. The second-order valence-electron chi connectivity index (χ2n) is 13.6. The molecule has 0 spiro atoms. The molecule has 3 aliphatic rings. The van der Waals surface area contributed by atoms with Crippen molar-refractivity contribution in [3.8, 4) is 0 Å². The number of hydrogen-bond donors (Lipinski definition) is 9. The molecule has 12 atom stereocenters. The minimum absolute atomic E-state index is 0.173. The lowest BCUT2D eigenvalue weighted by Gasteiger charge is -2.15. The van der Waals surface area contributed by atoms with Crippen molar-refractivity contribution in [1.82, 2.24) is 43.6 Å². The number of ether oxygens (including phenoxy) is 3. The maximum absolute atomic E-state index is 14.2. The third-order valence-corrected chi connectivity index (χ3v) is 11.7. The van der Waals surface area contributed by atoms with Gasteiger partial charge in [0.05, 0.1) is 41.0 Å². The zero-order chi connectivity index (χ0) is 43.3. The predicted octanol–water partition coefficient (Wildman–Crippen LogP) is 0.827. The monoisotopic (exact) mass is 1040 g/mol. The minimum Gasteiger partial charge on any atom is -0.394 e. The molecule has 0 aliphatic carbocycles. The number of anilines is 3. The van der Waals surface area contributed by atoms with E-state index in [4.69, 9.17) is 58.3 Å². The molecular weight excluding hydrogens is 1010 g/mol. The van der Waals surface area contributed by atoms with E-state index in [2.05, 4.69) is 45.8 Å². The van der Waals surface area contributed by atoms with Gasteiger partial charge in [-0.3, -0.25) is 0 Å². The van der Waals surface area contributed by atoms with Crippen LogP contribution in [0.25, 0.3) is 33.1 Å². The summed E-state index contributed by atoms with van der Waals surface area (Å²) in [6.07, 6.45) is -7.00. The smallest absolute Gasteiger partial charge is 0.173 e. The summed E-state index contributed by atoms with van der Waals surface area (Å²) >= 11 is 11.4. The highest BCUT2D eigenvalue weighted by Gasteiger charge is 2.47. The van der Waals surface area contributed by atoms with Gasteiger partial charge in [-0.05, 0) is 38.5 Å². The number of hydrogen-bond acceptors (Lipinski definition) is 18. The Bertz CT molecular complexity index is 2230. The molecule has 0 bridgehead atoms. The summed E-state index contributed by atoms with van der Waals surface area (Å²) in [6, 6.07) is 0. The number of aliphatic hydroxyl groups excluding tert-OH is 6. The van der Waals surface area contributed by atoms with E-state index < -0.39 is 93.6 Å². The van der Waals surface area contributed by atoms with Crippen LogP contribution in [0.2, 0.25) is 5.02 Å². The molecule has 324 valence electrons. The van der Waals surface area contributed by atoms with Crippen LogP contribution < -0.4 is 17.2 Å². The number of alkyl halides is 3. The number of nitrogen functional groups attached to an aromatic ring is 3. The van der Waals surface area contributed by atoms with Gasteiger partial charge in [0.25, 0.3) is 0 Å². The van der Waals surface area contributed by atoms with Gasteiger partial charge in [-0.2, -0.15) is 0 Å². The van der Waals surface area contributed by atoms with Gasteiger partial charge in [0.1, 0.15) is 90.0 Å². The fraction of sp³-hybridized carbons (Fsp3) is 0.455. The van der Waals surface area contributed by atoms with Crippen LogP contribution in [0.5, 0.6) is 0 Å². The molecule has 6 aromatic heterocycles. The van der Waals surface area contributed by atoms with Crippen LogP contribution in [0, 0.1) is 3.57 Å². The fourth-order valence-corrected chi connectivity index (χ4v) is 8.71. The normalized spacial score (nSPS) is 30.2. The van der Waals surface area contributed by atoms with Gasteiger partial charge in [-0.25, -0.2) is 43.1 Å². The molecule has 3 aliphatic heterocycles. The molecular formula is C33H36BrClF3IN12O9. The van der Waals surface area contributed by atoms with E-state index in [1.807, 2.05) is 22.6 Å². The number of aromatic nitrogens is 9. The van der Waals surface area contributed by atoms with Gasteiger partial charge in [-0.1, -0.05) is 11.6 Å². The van der Waals surface area contributed by atoms with E-state index in [1.165, 1.54) is 38.9 Å². The zero-order valence-electron chi connectivity index (χ0n) is 30.4. The van der Waals surface area contributed by atoms with Gasteiger partial charge in [-0.15, -0.1) is 0 Å². The number of halogens is 6. The molecule has 0 radical (unpaired) electrons. The SMILES string of the molecule is Nc1ncnc2c1c(Br)cn2[C@@H]1O[C@H](CO)C(O)[C@H]1F.Nc1ncnc2c1c(Cl)cn2[C@@H]1O[C@H](CO)C(O)[C@H]1F.Nc1ncnc2c1c(I)cn2[C@@H]1O[C@H](CO)C(O)[C@H]1F. The van der Waals surface area contributed by atoms with Crippen LogP contribution in [0.1, 0.15) is 18.7 Å². The summed E-state index contributed by atoms with van der Waals surface area (Å²) in [5, 5.41) is 58.0. The molecule has 27 heteroatoms. The van der Waals surface area contributed by atoms with Crippen LogP contribution in [-0.4, -0.2) is 149 Å². The lowest BCUT2D eigenvalue weighted by Crippen LogP contribution is -2.30. The third-order valence-electron chi connectivity index (χ3n) is 10.0. The van der Waals surface area contributed by atoms with Crippen LogP contribution in [-0.2, 0) is 14.2 Å². The van der Waals surface area contributed by atoms with Crippen molar-refractivity contribution in [2.24, 2.45) is 0 Å². The highest BCUT2D eigenvalue weighted by Crippen LogP contribution is 2.40. The molecule has 12 N–H and O–H groups in total. The zero-order valence-corrected chi connectivity index (χ0v) is 34.9. The van der Waals surface area contributed by atoms with Crippen molar-refractivity contribution >= 4 is 101 Å². The lowest BCUT2D eigenvalue weighted by atomic mass is 10.1. The third kappa shape index (κ3) is 7.80. The Morgan fingerprint density at radius 1 is 0.600 bits per heavy atom. The maximum atomic E-state index is 14.2. The average molecular weight is 1040 g/mol. The summed E-state index contributed by atoms with van der Waals surface area (Å²) in [5.41, 5.74) is 18.4. The van der Waals surface area contributed by atoms with Crippen LogP contribution in [0.15, 0.2) is 42.0 Å².